The number of hydrogen-bond acceptors (Lipinski definition) is 3. The molecule has 126 valence electrons. The van der Waals surface area contributed by atoms with Crippen LogP contribution in [0.15, 0.2) is 0 Å². The molecule has 1 atom stereocenters. The molecular weight excluding hydrogens is 288 g/mol. The Morgan fingerprint density at radius 1 is 1.38 bits per heavy atom. The van der Waals surface area contributed by atoms with Crippen LogP contribution in [0.3, 0.4) is 0 Å². The number of halogens is 1. The highest BCUT2D eigenvalue weighted by Gasteiger charge is 2.33. The SMILES string of the molecule is CCCC(C)(N)C(=O)N1CCC(OCCC(C)C)CC1.Cl. The summed E-state index contributed by atoms with van der Waals surface area (Å²) < 4.78 is 5.89. The van der Waals surface area contributed by atoms with Crippen molar-refractivity contribution in [1.82, 2.24) is 4.90 Å². The Kier molecular flexibility index (Phi) is 9.50. The first-order valence-electron chi connectivity index (χ1n) is 8.06. The smallest absolute Gasteiger partial charge is 0.242 e. The Labute approximate surface area is 136 Å². The summed E-state index contributed by atoms with van der Waals surface area (Å²) in [7, 11) is 0. The molecule has 1 aliphatic rings. The molecule has 5 heteroatoms. The Hall–Kier alpha value is -0.320. The van der Waals surface area contributed by atoms with Crippen molar-refractivity contribution >= 4 is 18.3 Å². The van der Waals surface area contributed by atoms with Crippen LogP contribution < -0.4 is 5.73 Å². The molecule has 1 heterocycles. The third-order valence-corrected chi connectivity index (χ3v) is 4.04. The molecule has 1 rings (SSSR count). The van der Waals surface area contributed by atoms with Gasteiger partial charge in [-0.2, -0.15) is 0 Å². The van der Waals surface area contributed by atoms with Crippen LogP contribution in [0.5, 0.6) is 0 Å². The summed E-state index contributed by atoms with van der Waals surface area (Å²) in [5, 5.41) is 0. The van der Waals surface area contributed by atoms with Crippen LogP contribution in [-0.2, 0) is 9.53 Å². The first-order valence-corrected chi connectivity index (χ1v) is 8.06. The van der Waals surface area contributed by atoms with Crippen LogP contribution in [0, 0.1) is 5.92 Å². The van der Waals surface area contributed by atoms with Crippen molar-refractivity contribution in [3.05, 3.63) is 0 Å². The maximum atomic E-state index is 12.4. The lowest BCUT2D eigenvalue weighted by molar-refractivity contribution is -0.139. The zero-order valence-electron chi connectivity index (χ0n) is 14.1. The average molecular weight is 321 g/mol. The van der Waals surface area contributed by atoms with Gasteiger partial charge >= 0.3 is 0 Å². The Bertz CT molecular complexity index is 301. The van der Waals surface area contributed by atoms with Crippen LogP contribution in [0.25, 0.3) is 0 Å². The van der Waals surface area contributed by atoms with Gasteiger partial charge in [0.1, 0.15) is 0 Å². The average Bonchev–Trinajstić information content (AvgIpc) is 2.38. The van der Waals surface area contributed by atoms with E-state index < -0.39 is 5.54 Å². The van der Waals surface area contributed by atoms with Gasteiger partial charge in [0.05, 0.1) is 11.6 Å². The number of nitrogens with zero attached hydrogens (tertiary/aromatic N) is 1. The number of piperidine rings is 1. The van der Waals surface area contributed by atoms with E-state index in [0.717, 1.165) is 51.8 Å². The number of nitrogens with two attached hydrogens (primary N) is 1. The van der Waals surface area contributed by atoms with Gasteiger partial charge in [0, 0.05) is 19.7 Å². The molecule has 21 heavy (non-hydrogen) atoms. The van der Waals surface area contributed by atoms with E-state index in [9.17, 15) is 4.79 Å². The van der Waals surface area contributed by atoms with Crippen LogP contribution >= 0.6 is 12.4 Å². The van der Waals surface area contributed by atoms with Crippen LogP contribution in [0.2, 0.25) is 0 Å². The minimum atomic E-state index is -0.708. The van der Waals surface area contributed by atoms with E-state index in [1.165, 1.54) is 0 Å². The van der Waals surface area contributed by atoms with Crippen LogP contribution in [0.1, 0.15) is 59.8 Å². The topological polar surface area (TPSA) is 55.6 Å². The van der Waals surface area contributed by atoms with Gasteiger partial charge in [0.25, 0.3) is 0 Å². The second-order valence-corrected chi connectivity index (χ2v) is 6.71. The minimum absolute atomic E-state index is 0. The van der Waals surface area contributed by atoms with Crippen molar-refractivity contribution in [2.45, 2.75) is 71.4 Å². The molecule has 0 bridgehead atoms. The normalized spacial score (nSPS) is 19.2. The summed E-state index contributed by atoms with van der Waals surface area (Å²) >= 11 is 0. The largest absolute Gasteiger partial charge is 0.378 e. The Balaban J connectivity index is 0.00000400. The number of amides is 1. The standard InChI is InChI=1S/C16H32N2O2.ClH/c1-5-9-16(4,17)15(19)18-10-6-14(7-11-18)20-12-8-13(2)3;/h13-14H,5-12,17H2,1-4H3;1H. The molecule has 4 nitrogen and oxygen atoms in total. The van der Waals surface area contributed by atoms with Gasteiger partial charge in [-0.1, -0.05) is 27.2 Å². The van der Waals surface area contributed by atoms with Gasteiger partial charge < -0.3 is 15.4 Å². The summed E-state index contributed by atoms with van der Waals surface area (Å²) in [5.41, 5.74) is 5.42. The second kappa shape index (κ2) is 9.65. The van der Waals surface area contributed by atoms with E-state index in [1.54, 1.807) is 0 Å². The van der Waals surface area contributed by atoms with Gasteiger partial charge in [-0.25, -0.2) is 0 Å². The van der Waals surface area contributed by atoms with Crippen molar-refractivity contribution in [3.8, 4) is 0 Å². The lowest BCUT2D eigenvalue weighted by Crippen LogP contribution is -2.55. The zero-order chi connectivity index (χ0) is 15.2. The maximum absolute atomic E-state index is 12.4. The first-order chi connectivity index (χ1) is 9.36. The summed E-state index contributed by atoms with van der Waals surface area (Å²) in [6.07, 6.45) is 4.98. The van der Waals surface area contributed by atoms with Crippen LogP contribution in [0.4, 0.5) is 0 Å². The van der Waals surface area contributed by atoms with Gasteiger partial charge in [0.15, 0.2) is 0 Å². The van der Waals surface area contributed by atoms with E-state index in [1.807, 2.05) is 11.8 Å². The number of carbonyl (C=O) groups is 1. The number of ether oxygens (including phenoxy) is 1. The van der Waals surface area contributed by atoms with Gasteiger partial charge in [0.2, 0.25) is 5.91 Å². The fraction of sp³-hybridized carbons (Fsp3) is 0.938. The van der Waals surface area contributed by atoms with Gasteiger partial charge in [-0.05, 0) is 38.5 Å². The molecule has 2 N–H and O–H groups in total. The summed E-state index contributed by atoms with van der Waals surface area (Å²) in [5.74, 6) is 0.781. The van der Waals surface area contributed by atoms with E-state index in [4.69, 9.17) is 10.5 Å². The van der Waals surface area contributed by atoms with E-state index in [0.29, 0.717) is 12.0 Å². The highest BCUT2D eigenvalue weighted by Crippen LogP contribution is 2.19. The zero-order valence-corrected chi connectivity index (χ0v) is 14.9. The molecule has 0 aromatic carbocycles. The number of likely N-dealkylation sites (tertiary alicyclic amines) is 1. The monoisotopic (exact) mass is 320 g/mol. The van der Waals surface area contributed by atoms with Crippen molar-refractivity contribution < 1.29 is 9.53 Å². The van der Waals surface area contributed by atoms with E-state index in [-0.39, 0.29) is 18.3 Å². The highest BCUT2D eigenvalue weighted by atomic mass is 35.5. The van der Waals surface area contributed by atoms with Gasteiger partial charge in [-0.15, -0.1) is 12.4 Å². The summed E-state index contributed by atoms with van der Waals surface area (Å²) in [6.45, 7) is 10.7. The van der Waals surface area contributed by atoms with Crippen molar-refractivity contribution in [2.24, 2.45) is 11.7 Å². The number of carbonyl (C=O) groups excluding carboxylic acids is 1. The molecule has 0 radical (unpaired) electrons. The molecule has 1 aliphatic heterocycles. The van der Waals surface area contributed by atoms with E-state index in [2.05, 4.69) is 20.8 Å². The predicted octanol–water partition coefficient (Wildman–Crippen LogP) is 2.98. The molecule has 1 fully saturated rings. The fourth-order valence-electron chi connectivity index (χ4n) is 2.68. The Morgan fingerprint density at radius 3 is 2.43 bits per heavy atom. The van der Waals surface area contributed by atoms with Crippen LogP contribution in [-0.4, -0.2) is 42.1 Å². The molecule has 0 saturated carbocycles. The molecule has 0 spiro atoms. The summed E-state index contributed by atoms with van der Waals surface area (Å²) in [4.78, 5) is 14.3. The quantitative estimate of drug-likeness (QED) is 0.784. The van der Waals surface area contributed by atoms with Crippen molar-refractivity contribution in [3.63, 3.8) is 0 Å². The molecule has 1 amide bonds. The number of rotatable bonds is 7. The molecular formula is C16H33ClN2O2. The Morgan fingerprint density at radius 2 is 1.95 bits per heavy atom. The minimum Gasteiger partial charge on any atom is -0.378 e. The third-order valence-electron chi connectivity index (χ3n) is 4.04. The third kappa shape index (κ3) is 6.98. The van der Waals surface area contributed by atoms with Gasteiger partial charge in [-0.3, -0.25) is 4.79 Å². The highest BCUT2D eigenvalue weighted by molar-refractivity contribution is 5.86. The lowest BCUT2D eigenvalue weighted by Gasteiger charge is -2.36. The summed E-state index contributed by atoms with van der Waals surface area (Å²) in [6, 6.07) is 0. The molecule has 1 unspecified atom stereocenters. The molecule has 0 aromatic rings. The predicted molar refractivity (Wildman–Crippen MR) is 89.8 cm³/mol. The lowest BCUT2D eigenvalue weighted by atomic mass is 9.94. The van der Waals surface area contributed by atoms with Crippen molar-refractivity contribution in [2.75, 3.05) is 19.7 Å². The number of hydrogen-bond donors (Lipinski definition) is 1. The second-order valence-electron chi connectivity index (χ2n) is 6.71. The van der Waals surface area contributed by atoms with E-state index >= 15 is 0 Å². The first kappa shape index (κ1) is 20.7. The fourth-order valence-corrected chi connectivity index (χ4v) is 2.68. The molecule has 1 saturated heterocycles. The molecule has 0 aromatic heterocycles. The maximum Gasteiger partial charge on any atom is 0.242 e. The van der Waals surface area contributed by atoms with Crippen molar-refractivity contribution in [1.29, 1.82) is 0 Å². The molecule has 0 aliphatic carbocycles.